The lowest BCUT2D eigenvalue weighted by Gasteiger charge is -2.15. The molecule has 0 amide bonds. The van der Waals surface area contributed by atoms with Crippen LogP contribution in [0.4, 0.5) is 5.13 Å². The van der Waals surface area contributed by atoms with E-state index in [4.69, 9.17) is 4.98 Å². The molecule has 1 aromatic carbocycles. The number of hydrogen-bond acceptors (Lipinski definition) is 4. The van der Waals surface area contributed by atoms with Gasteiger partial charge in [-0.2, -0.15) is 0 Å². The van der Waals surface area contributed by atoms with Crippen molar-refractivity contribution < 1.29 is 0 Å². The topological polar surface area (TPSA) is 28.2 Å². The molecule has 1 N–H and O–H groups in total. The summed E-state index contributed by atoms with van der Waals surface area (Å²) in [7, 11) is 2.12. The summed E-state index contributed by atoms with van der Waals surface area (Å²) < 4.78 is 0. The molecule has 0 saturated heterocycles. The lowest BCUT2D eigenvalue weighted by Crippen LogP contribution is -2.16. The summed E-state index contributed by atoms with van der Waals surface area (Å²) in [5.74, 6) is 0. The first kappa shape index (κ1) is 16.0. The van der Waals surface area contributed by atoms with Crippen LogP contribution in [0.15, 0.2) is 30.3 Å². The van der Waals surface area contributed by atoms with Crippen molar-refractivity contribution >= 4 is 16.5 Å². The third kappa shape index (κ3) is 4.55. The van der Waals surface area contributed by atoms with Gasteiger partial charge in [-0.3, -0.25) is 0 Å². The molecule has 0 aliphatic carbocycles. The summed E-state index contributed by atoms with van der Waals surface area (Å²) in [6, 6.07) is 10.5. The van der Waals surface area contributed by atoms with Gasteiger partial charge in [0, 0.05) is 25.0 Å². The predicted molar refractivity (Wildman–Crippen MR) is 92.0 cm³/mol. The average molecular weight is 303 g/mol. The van der Waals surface area contributed by atoms with E-state index < -0.39 is 0 Å². The molecule has 1 heterocycles. The highest BCUT2D eigenvalue weighted by Crippen LogP contribution is 2.27. The minimum absolute atomic E-state index is 0.902. The molecule has 1 aromatic heterocycles. The molecule has 0 spiro atoms. The number of nitrogens with zero attached hydrogens (tertiary/aromatic N) is 2. The molecule has 4 heteroatoms. The zero-order chi connectivity index (χ0) is 15.1. The van der Waals surface area contributed by atoms with Gasteiger partial charge in [-0.05, 0) is 24.9 Å². The van der Waals surface area contributed by atoms with Crippen molar-refractivity contribution in [1.29, 1.82) is 0 Å². The highest BCUT2D eigenvalue weighted by Gasteiger charge is 2.12. The summed E-state index contributed by atoms with van der Waals surface area (Å²) in [6.45, 7) is 7.28. The average Bonchev–Trinajstić information content (AvgIpc) is 2.92. The first-order chi connectivity index (χ1) is 10.2. The van der Waals surface area contributed by atoms with Gasteiger partial charge in [0.05, 0.1) is 5.69 Å². The molecule has 0 unspecified atom stereocenters. The van der Waals surface area contributed by atoms with Gasteiger partial charge in [0.25, 0.3) is 0 Å². The van der Waals surface area contributed by atoms with Crippen molar-refractivity contribution in [2.24, 2.45) is 0 Å². The van der Waals surface area contributed by atoms with E-state index in [0.29, 0.717) is 0 Å². The molecule has 2 aromatic rings. The Balaban J connectivity index is 2.05. The Morgan fingerprint density at radius 3 is 2.62 bits per heavy atom. The van der Waals surface area contributed by atoms with Gasteiger partial charge < -0.3 is 10.2 Å². The zero-order valence-corrected chi connectivity index (χ0v) is 14.0. The molecule has 0 atom stereocenters. The molecule has 0 fully saturated rings. The highest BCUT2D eigenvalue weighted by molar-refractivity contribution is 7.15. The fraction of sp³-hybridized carbons (Fsp3) is 0.471. The lowest BCUT2D eigenvalue weighted by atomic mass is 10.2. The summed E-state index contributed by atoms with van der Waals surface area (Å²) in [5, 5.41) is 4.59. The fourth-order valence-electron chi connectivity index (χ4n) is 2.25. The first-order valence-electron chi connectivity index (χ1n) is 7.69. The zero-order valence-electron chi connectivity index (χ0n) is 13.2. The van der Waals surface area contributed by atoms with Crippen LogP contribution in [0.25, 0.3) is 0 Å². The first-order valence-corrected chi connectivity index (χ1v) is 8.50. The van der Waals surface area contributed by atoms with Crippen LogP contribution < -0.4 is 10.2 Å². The maximum atomic E-state index is 4.81. The quantitative estimate of drug-likeness (QED) is 0.751. The van der Waals surface area contributed by atoms with Crippen LogP contribution in [-0.2, 0) is 19.5 Å². The fourth-order valence-corrected chi connectivity index (χ4v) is 3.33. The van der Waals surface area contributed by atoms with Crippen LogP contribution >= 0.6 is 11.3 Å². The van der Waals surface area contributed by atoms with E-state index in [9.17, 15) is 0 Å². The Kier molecular flexibility index (Phi) is 6.21. The largest absolute Gasteiger partial charge is 0.347 e. The number of nitrogens with one attached hydrogen (secondary N) is 1. The van der Waals surface area contributed by atoms with E-state index in [-0.39, 0.29) is 0 Å². The summed E-state index contributed by atoms with van der Waals surface area (Å²) in [6.07, 6.45) is 2.17. The summed E-state index contributed by atoms with van der Waals surface area (Å²) in [4.78, 5) is 8.42. The minimum atomic E-state index is 0.902. The van der Waals surface area contributed by atoms with Crippen molar-refractivity contribution in [2.45, 2.75) is 39.8 Å². The molecule has 2 rings (SSSR count). The lowest BCUT2D eigenvalue weighted by molar-refractivity contribution is 0.676. The van der Waals surface area contributed by atoms with E-state index in [1.807, 2.05) is 11.3 Å². The van der Waals surface area contributed by atoms with Gasteiger partial charge in [-0.25, -0.2) is 4.98 Å². The second kappa shape index (κ2) is 8.15. The maximum absolute atomic E-state index is 4.81. The van der Waals surface area contributed by atoms with E-state index in [1.54, 1.807) is 0 Å². The molecule has 0 saturated carbocycles. The number of aryl methyl sites for hydroxylation is 1. The second-order valence-corrected chi connectivity index (χ2v) is 6.30. The SMILES string of the molecule is CCCNCc1sc(N(C)Cc2ccccc2)nc1CC. The van der Waals surface area contributed by atoms with Crippen LogP contribution in [0.3, 0.4) is 0 Å². The van der Waals surface area contributed by atoms with Crippen LogP contribution in [0.5, 0.6) is 0 Å². The summed E-state index contributed by atoms with van der Waals surface area (Å²) >= 11 is 1.81. The Morgan fingerprint density at radius 2 is 1.95 bits per heavy atom. The molecule has 0 radical (unpaired) electrons. The molecule has 3 nitrogen and oxygen atoms in total. The van der Waals surface area contributed by atoms with Gasteiger partial charge in [0.15, 0.2) is 5.13 Å². The van der Waals surface area contributed by atoms with Gasteiger partial charge in [0.2, 0.25) is 0 Å². The molecule has 21 heavy (non-hydrogen) atoms. The third-order valence-corrected chi connectivity index (χ3v) is 4.62. The number of thiazole rings is 1. The number of benzene rings is 1. The maximum Gasteiger partial charge on any atom is 0.185 e. The van der Waals surface area contributed by atoms with Crippen LogP contribution in [0.2, 0.25) is 0 Å². The molecular formula is C17H25N3S. The van der Waals surface area contributed by atoms with Crippen molar-refractivity contribution in [3.63, 3.8) is 0 Å². The number of hydrogen-bond donors (Lipinski definition) is 1. The standard InChI is InChI=1S/C17H25N3S/c1-4-11-18-12-16-15(5-2)19-17(21-16)20(3)13-14-9-7-6-8-10-14/h6-10,18H,4-5,11-13H2,1-3H3. The summed E-state index contributed by atoms with van der Waals surface area (Å²) in [5.41, 5.74) is 2.55. The monoisotopic (exact) mass is 303 g/mol. The predicted octanol–water partition coefficient (Wildman–Crippen LogP) is 3.84. The Bertz CT molecular complexity index is 536. The highest BCUT2D eigenvalue weighted by atomic mass is 32.1. The van der Waals surface area contributed by atoms with Crippen molar-refractivity contribution in [3.05, 3.63) is 46.5 Å². The van der Waals surface area contributed by atoms with E-state index >= 15 is 0 Å². The third-order valence-electron chi connectivity index (χ3n) is 3.40. The van der Waals surface area contributed by atoms with Crippen molar-refractivity contribution in [1.82, 2.24) is 10.3 Å². The van der Waals surface area contributed by atoms with E-state index in [0.717, 1.165) is 31.2 Å². The molecular weight excluding hydrogens is 278 g/mol. The molecule has 0 aliphatic rings. The smallest absolute Gasteiger partial charge is 0.185 e. The Morgan fingerprint density at radius 1 is 1.19 bits per heavy atom. The van der Waals surface area contributed by atoms with E-state index in [1.165, 1.54) is 22.6 Å². The van der Waals surface area contributed by atoms with Crippen molar-refractivity contribution in [3.8, 4) is 0 Å². The van der Waals surface area contributed by atoms with E-state index in [2.05, 4.69) is 61.4 Å². The molecule has 0 bridgehead atoms. The van der Waals surface area contributed by atoms with Crippen LogP contribution in [0.1, 0.15) is 36.4 Å². The van der Waals surface area contributed by atoms with Gasteiger partial charge >= 0.3 is 0 Å². The number of anilines is 1. The number of rotatable bonds is 8. The normalized spacial score (nSPS) is 10.8. The van der Waals surface area contributed by atoms with Gasteiger partial charge in [-0.15, -0.1) is 11.3 Å². The van der Waals surface area contributed by atoms with Crippen LogP contribution in [-0.4, -0.2) is 18.6 Å². The van der Waals surface area contributed by atoms with Crippen molar-refractivity contribution in [2.75, 3.05) is 18.5 Å². The van der Waals surface area contributed by atoms with Crippen LogP contribution in [0, 0.1) is 0 Å². The number of aromatic nitrogens is 1. The minimum Gasteiger partial charge on any atom is -0.347 e. The van der Waals surface area contributed by atoms with Gasteiger partial charge in [0.1, 0.15) is 0 Å². The second-order valence-electron chi connectivity index (χ2n) is 5.24. The van der Waals surface area contributed by atoms with Gasteiger partial charge in [-0.1, -0.05) is 44.2 Å². The Labute approximate surface area is 132 Å². The molecule has 0 aliphatic heterocycles. The molecule has 114 valence electrons. The Hall–Kier alpha value is -1.39.